The number of hydrogen-bond acceptors (Lipinski definition) is 1. The number of benzene rings is 1. The molecular formula is C19H21F3S. The van der Waals surface area contributed by atoms with Crippen molar-refractivity contribution in [2.24, 2.45) is 0 Å². The van der Waals surface area contributed by atoms with Crippen molar-refractivity contribution in [2.75, 3.05) is 0 Å². The molecule has 1 aliphatic carbocycles. The highest BCUT2D eigenvalue weighted by atomic mass is 32.1. The monoisotopic (exact) mass is 338 g/mol. The van der Waals surface area contributed by atoms with Crippen molar-refractivity contribution >= 4 is 18.2 Å². The van der Waals surface area contributed by atoms with Gasteiger partial charge in [0.1, 0.15) is 5.83 Å². The first-order valence-electron chi connectivity index (χ1n) is 7.75. The highest BCUT2D eigenvalue weighted by Crippen LogP contribution is 2.35. The summed E-state index contributed by atoms with van der Waals surface area (Å²) in [6, 6.07) is 7.70. The second-order valence-corrected chi connectivity index (χ2v) is 6.72. The second-order valence-electron chi connectivity index (χ2n) is 5.99. The number of hydrogen-bond donors (Lipinski definition) is 1. The van der Waals surface area contributed by atoms with Crippen LogP contribution >= 0.6 is 12.6 Å². The fraction of sp³-hybridized carbons (Fsp3) is 0.368. The normalized spacial score (nSPS) is 23.4. The molecule has 0 radical (unpaired) electrons. The number of rotatable bonds is 4. The maximum Gasteiger partial charge on any atom is 0.189 e. The predicted octanol–water partition coefficient (Wildman–Crippen LogP) is 6.68. The van der Waals surface area contributed by atoms with Gasteiger partial charge in [0.15, 0.2) is 11.7 Å². The molecule has 0 aromatic heterocycles. The lowest BCUT2D eigenvalue weighted by Crippen LogP contribution is -2.12. The molecule has 23 heavy (non-hydrogen) atoms. The van der Waals surface area contributed by atoms with Crippen LogP contribution in [0.15, 0.2) is 54.4 Å². The van der Waals surface area contributed by atoms with Gasteiger partial charge in [-0.05, 0) is 61.3 Å². The molecule has 0 saturated heterocycles. The summed E-state index contributed by atoms with van der Waals surface area (Å²) in [5.41, 5.74) is 2.25. The maximum absolute atomic E-state index is 13.5. The Labute approximate surface area is 141 Å². The summed E-state index contributed by atoms with van der Waals surface area (Å²) in [6.07, 6.45) is 5.39. The first-order chi connectivity index (χ1) is 10.9. The third-order valence-electron chi connectivity index (χ3n) is 4.26. The number of allylic oxidation sites excluding steroid dienone is 5. The first-order valence-corrected chi connectivity index (χ1v) is 8.27. The Hall–Kier alpha value is -1.42. The molecule has 0 unspecified atom stereocenters. The Kier molecular flexibility index (Phi) is 6.17. The Balaban J connectivity index is 2.09. The van der Waals surface area contributed by atoms with Crippen molar-refractivity contribution in [3.63, 3.8) is 0 Å². The molecule has 0 amide bonds. The van der Waals surface area contributed by atoms with Crippen LogP contribution in [0, 0.1) is 0 Å². The van der Waals surface area contributed by atoms with E-state index in [4.69, 9.17) is 0 Å². The van der Waals surface area contributed by atoms with Crippen LogP contribution in [0.25, 0.3) is 5.57 Å². The molecule has 0 aliphatic heterocycles. The van der Waals surface area contributed by atoms with Crippen LogP contribution in [0.4, 0.5) is 13.2 Å². The zero-order valence-corrected chi connectivity index (χ0v) is 14.1. The molecular weight excluding hydrogens is 317 g/mol. The second kappa shape index (κ2) is 7.91. The summed E-state index contributed by atoms with van der Waals surface area (Å²) in [4.78, 5) is 0. The van der Waals surface area contributed by atoms with Crippen LogP contribution in [0.1, 0.15) is 49.7 Å². The predicted molar refractivity (Wildman–Crippen MR) is 93.6 cm³/mol. The van der Waals surface area contributed by atoms with Crippen molar-refractivity contribution in [2.45, 2.75) is 43.8 Å². The fourth-order valence-corrected chi connectivity index (χ4v) is 3.14. The molecule has 0 nitrogen and oxygen atoms in total. The lowest BCUT2D eigenvalue weighted by atomic mass is 9.83. The molecule has 1 aromatic rings. The van der Waals surface area contributed by atoms with Crippen LogP contribution in [0.2, 0.25) is 0 Å². The van der Waals surface area contributed by atoms with Gasteiger partial charge in [-0.3, -0.25) is 0 Å². The van der Waals surface area contributed by atoms with Gasteiger partial charge < -0.3 is 0 Å². The van der Waals surface area contributed by atoms with E-state index >= 15 is 0 Å². The molecule has 2 rings (SSSR count). The van der Waals surface area contributed by atoms with Crippen LogP contribution < -0.4 is 0 Å². The quantitative estimate of drug-likeness (QED) is 0.459. The van der Waals surface area contributed by atoms with E-state index < -0.39 is 17.5 Å². The minimum absolute atomic E-state index is 0.310. The minimum Gasteiger partial charge on any atom is -0.209 e. The van der Waals surface area contributed by atoms with E-state index in [1.54, 1.807) is 0 Å². The summed E-state index contributed by atoms with van der Waals surface area (Å²) in [5, 5.41) is 0.500. The van der Waals surface area contributed by atoms with Crippen LogP contribution in [0.5, 0.6) is 0 Å². The highest BCUT2D eigenvalue weighted by molar-refractivity contribution is 7.80. The Morgan fingerprint density at radius 1 is 1.09 bits per heavy atom. The number of thiol groups is 1. The number of halogens is 3. The molecule has 124 valence electrons. The summed E-state index contributed by atoms with van der Waals surface area (Å²) >= 11 is 4.51. The highest BCUT2D eigenvalue weighted by Gasteiger charge is 2.20. The largest absolute Gasteiger partial charge is 0.209 e. The zero-order chi connectivity index (χ0) is 17.0. The molecule has 1 saturated carbocycles. The van der Waals surface area contributed by atoms with E-state index in [9.17, 15) is 13.2 Å². The molecule has 1 aliphatic rings. The van der Waals surface area contributed by atoms with E-state index in [-0.39, 0.29) is 0 Å². The van der Waals surface area contributed by atoms with Crippen LogP contribution in [-0.2, 0) is 0 Å². The Morgan fingerprint density at radius 3 is 2.17 bits per heavy atom. The van der Waals surface area contributed by atoms with E-state index in [1.807, 2.05) is 24.3 Å². The molecule has 0 N–H and O–H groups in total. The van der Waals surface area contributed by atoms with Gasteiger partial charge in [0.2, 0.25) is 0 Å². The van der Waals surface area contributed by atoms with E-state index in [0.29, 0.717) is 22.3 Å². The molecule has 1 aromatic carbocycles. The summed E-state index contributed by atoms with van der Waals surface area (Å²) < 4.78 is 39.3. The van der Waals surface area contributed by atoms with Gasteiger partial charge in [0, 0.05) is 5.25 Å². The van der Waals surface area contributed by atoms with Crippen LogP contribution in [0.3, 0.4) is 0 Å². The van der Waals surface area contributed by atoms with Crippen molar-refractivity contribution in [3.8, 4) is 0 Å². The van der Waals surface area contributed by atoms with E-state index in [1.165, 1.54) is 5.56 Å². The molecule has 4 heteroatoms. The summed E-state index contributed by atoms with van der Waals surface area (Å²) in [5.74, 6) is -3.37. The standard InChI is InChI=1S/C19H21F3S/c1-12(11-18(21)19(22)13(2)20)14-3-5-15(6-4-14)16-7-9-17(23)10-8-16/h3-6,11,16-17,23H,1,7-10H2,2H3/b18-11+,19-13-. The SMILES string of the molecule is C=C(/C=C(F)\C(F)=C(/C)F)c1ccc(C2CCC(S)CC2)cc1. The molecule has 0 atom stereocenters. The van der Waals surface area contributed by atoms with Crippen LogP contribution in [-0.4, -0.2) is 5.25 Å². The average molecular weight is 338 g/mol. The maximum atomic E-state index is 13.5. The van der Waals surface area contributed by atoms with Gasteiger partial charge in [-0.25, -0.2) is 13.2 Å². The first kappa shape index (κ1) is 17.9. The van der Waals surface area contributed by atoms with Gasteiger partial charge in [0.05, 0.1) is 0 Å². The van der Waals surface area contributed by atoms with Crippen molar-refractivity contribution in [1.82, 2.24) is 0 Å². The topological polar surface area (TPSA) is 0 Å². The van der Waals surface area contributed by atoms with Gasteiger partial charge >= 0.3 is 0 Å². The Bertz CT molecular complexity index is 617. The zero-order valence-electron chi connectivity index (χ0n) is 13.2. The van der Waals surface area contributed by atoms with Crippen molar-refractivity contribution in [3.05, 3.63) is 65.5 Å². The Morgan fingerprint density at radius 2 is 1.65 bits per heavy atom. The van der Waals surface area contributed by atoms with Crippen molar-refractivity contribution < 1.29 is 13.2 Å². The summed E-state index contributed by atoms with van der Waals surface area (Å²) in [7, 11) is 0. The average Bonchev–Trinajstić information content (AvgIpc) is 2.54. The third kappa shape index (κ3) is 4.77. The molecule has 0 heterocycles. The van der Waals surface area contributed by atoms with Gasteiger partial charge in [-0.2, -0.15) is 12.6 Å². The lowest BCUT2D eigenvalue weighted by molar-refractivity contribution is 0.454. The molecule has 0 bridgehead atoms. The van der Waals surface area contributed by atoms with E-state index in [0.717, 1.165) is 38.7 Å². The summed E-state index contributed by atoms with van der Waals surface area (Å²) in [6.45, 7) is 4.60. The van der Waals surface area contributed by atoms with Gasteiger partial charge in [-0.15, -0.1) is 0 Å². The van der Waals surface area contributed by atoms with E-state index in [2.05, 4.69) is 19.2 Å². The minimum atomic E-state index is -1.48. The van der Waals surface area contributed by atoms with Gasteiger partial charge in [-0.1, -0.05) is 30.8 Å². The fourth-order valence-electron chi connectivity index (χ4n) is 2.84. The van der Waals surface area contributed by atoms with Crippen molar-refractivity contribution in [1.29, 1.82) is 0 Å². The van der Waals surface area contributed by atoms with Gasteiger partial charge in [0.25, 0.3) is 0 Å². The molecule has 1 fully saturated rings. The lowest BCUT2D eigenvalue weighted by Gasteiger charge is -2.26. The third-order valence-corrected chi connectivity index (χ3v) is 4.78. The molecule has 0 spiro atoms. The smallest absolute Gasteiger partial charge is 0.189 e.